The van der Waals surface area contributed by atoms with Crippen molar-refractivity contribution in [3.63, 3.8) is 0 Å². The summed E-state index contributed by atoms with van der Waals surface area (Å²) < 4.78 is 5.62. The predicted octanol–water partition coefficient (Wildman–Crippen LogP) is 4.64. The number of hydrogen-bond acceptors (Lipinski definition) is 4. The maximum Gasteiger partial charge on any atom is 0.143 e. The molecule has 2 aromatic carbocycles. The zero-order valence-corrected chi connectivity index (χ0v) is 14.5. The van der Waals surface area contributed by atoms with E-state index in [-0.39, 0.29) is 6.10 Å². The van der Waals surface area contributed by atoms with Crippen molar-refractivity contribution < 1.29 is 4.74 Å². The molecule has 25 heavy (non-hydrogen) atoms. The molecule has 0 saturated heterocycles. The van der Waals surface area contributed by atoms with Crippen LogP contribution >= 0.6 is 0 Å². The third-order valence-electron chi connectivity index (χ3n) is 3.92. The molecule has 0 bridgehead atoms. The number of benzene rings is 2. The highest BCUT2D eigenvalue weighted by Gasteiger charge is 2.05. The van der Waals surface area contributed by atoms with E-state index in [1.165, 1.54) is 11.1 Å². The highest BCUT2D eigenvalue weighted by Crippen LogP contribution is 2.23. The normalized spacial score (nSPS) is 10.8. The molecular weight excluding hydrogens is 310 g/mol. The van der Waals surface area contributed by atoms with E-state index >= 15 is 0 Å². The van der Waals surface area contributed by atoms with E-state index < -0.39 is 0 Å². The molecule has 0 aliphatic heterocycles. The van der Waals surface area contributed by atoms with Crippen LogP contribution in [0.15, 0.2) is 54.6 Å². The minimum atomic E-state index is 0.232. The summed E-state index contributed by atoms with van der Waals surface area (Å²) in [6, 6.07) is 20.1. The topological polar surface area (TPSA) is 57.9 Å². The molecule has 0 fully saturated rings. The molecule has 0 amide bonds. The Morgan fingerprint density at radius 2 is 1.80 bits per heavy atom. The highest BCUT2D eigenvalue weighted by molar-refractivity contribution is 5.91. The van der Waals surface area contributed by atoms with Gasteiger partial charge in [0.2, 0.25) is 0 Å². The van der Waals surface area contributed by atoms with E-state index in [0.29, 0.717) is 18.8 Å². The Hall–Kier alpha value is -2.90. The number of rotatable bonds is 6. The summed E-state index contributed by atoms with van der Waals surface area (Å²) in [5.74, 6) is 0. The molecule has 4 heteroatoms. The number of anilines is 1. The van der Waals surface area contributed by atoms with Gasteiger partial charge in [0.05, 0.1) is 18.2 Å². The number of nitriles is 1. The maximum atomic E-state index is 9.17. The van der Waals surface area contributed by atoms with Crippen molar-refractivity contribution in [3.05, 3.63) is 71.4 Å². The SMILES string of the molecule is CC(C)OCc1ccc(CNc2cc(C#N)nc3ccccc23)cc1. The Kier molecular flexibility index (Phi) is 5.27. The van der Waals surface area contributed by atoms with Crippen molar-refractivity contribution in [1.82, 2.24) is 4.98 Å². The fraction of sp³-hybridized carbons (Fsp3) is 0.238. The van der Waals surface area contributed by atoms with Crippen LogP contribution in [0.4, 0.5) is 5.69 Å². The third kappa shape index (κ3) is 4.34. The van der Waals surface area contributed by atoms with Crippen LogP contribution in [0.3, 0.4) is 0 Å². The Bertz CT molecular complexity index is 895. The summed E-state index contributed by atoms with van der Waals surface area (Å²) in [7, 11) is 0. The smallest absolute Gasteiger partial charge is 0.143 e. The first-order valence-electron chi connectivity index (χ1n) is 8.39. The van der Waals surface area contributed by atoms with Crippen LogP contribution in [-0.2, 0) is 17.9 Å². The summed E-state index contributed by atoms with van der Waals surface area (Å²) in [5.41, 5.74) is 4.51. The number of aromatic nitrogens is 1. The number of nitrogens with zero attached hydrogens (tertiary/aromatic N) is 2. The van der Waals surface area contributed by atoms with Crippen molar-refractivity contribution in [2.24, 2.45) is 0 Å². The number of hydrogen-bond donors (Lipinski definition) is 1. The fourth-order valence-corrected chi connectivity index (χ4v) is 2.59. The first-order valence-corrected chi connectivity index (χ1v) is 8.39. The molecule has 126 valence electrons. The number of para-hydroxylation sites is 1. The minimum absolute atomic E-state index is 0.232. The van der Waals surface area contributed by atoms with Crippen LogP contribution in [0, 0.1) is 11.3 Å². The molecule has 1 aromatic heterocycles. The molecule has 1 N–H and O–H groups in total. The van der Waals surface area contributed by atoms with Gasteiger partial charge in [-0.3, -0.25) is 0 Å². The van der Waals surface area contributed by atoms with Crippen molar-refractivity contribution in [2.45, 2.75) is 33.1 Å². The zero-order chi connectivity index (χ0) is 17.6. The number of pyridine rings is 1. The van der Waals surface area contributed by atoms with Gasteiger partial charge in [0.15, 0.2) is 0 Å². The van der Waals surface area contributed by atoms with Gasteiger partial charge >= 0.3 is 0 Å². The van der Waals surface area contributed by atoms with Gasteiger partial charge in [-0.1, -0.05) is 42.5 Å². The quantitative estimate of drug-likeness (QED) is 0.714. The minimum Gasteiger partial charge on any atom is -0.380 e. The zero-order valence-electron chi connectivity index (χ0n) is 14.5. The predicted molar refractivity (Wildman–Crippen MR) is 100 cm³/mol. The van der Waals surface area contributed by atoms with E-state index in [4.69, 9.17) is 4.74 Å². The standard InChI is InChI=1S/C21H21N3O/c1-15(2)25-14-17-9-7-16(8-10-17)13-23-21-11-18(12-22)24-20-6-4-3-5-19(20)21/h3-11,15H,13-14H2,1-2H3,(H,23,24). The molecule has 4 nitrogen and oxygen atoms in total. The van der Waals surface area contributed by atoms with Gasteiger partial charge in [-0.15, -0.1) is 0 Å². The van der Waals surface area contributed by atoms with E-state index in [0.717, 1.165) is 16.6 Å². The molecule has 0 atom stereocenters. The van der Waals surface area contributed by atoms with Crippen LogP contribution in [0.5, 0.6) is 0 Å². The summed E-state index contributed by atoms with van der Waals surface area (Å²) in [6.45, 7) is 5.38. The molecular formula is C21H21N3O. The molecule has 0 spiro atoms. The van der Waals surface area contributed by atoms with Gasteiger partial charge in [-0.2, -0.15) is 5.26 Å². The van der Waals surface area contributed by atoms with Crippen molar-refractivity contribution in [2.75, 3.05) is 5.32 Å². The summed E-state index contributed by atoms with van der Waals surface area (Å²) >= 11 is 0. The second-order valence-corrected chi connectivity index (χ2v) is 6.21. The van der Waals surface area contributed by atoms with E-state index in [1.807, 2.05) is 38.1 Å². The summed E-state index contributed by atoms with van der Waals surface area (Å²) in [6.07, 6.45) is 0.232. The van der Waals surface area contributed by atoms with Gasteiger partial charge < -0.3 is 10.1 Å². The Balaban J connectivity index is 1.73. The molecule has 0 aliphatic carbocycles. The lowest BCUT2D eigenvalue weighted by molar-refractivity contribution is 0.0657. The first-order chi connectivity index (χ1) is 12.2. The van der Waals surface area contributed by atoms with Gasteiger partial charge in [-0.05, 0) is 37.1 Å². The largest absolute Gasteiger partial charge is 0.380 e. The fourth-order valence-electron chi connectivity index (χ4n) is 2.59. The number of ether oxygens (including phenoxy) is 1. The number of nitrogens with one attached hydrogen (secondary N) is 1. The summed E-state index contributed by atoms with van der Waals surface area (Å²) in [4.78, 5) is 4.34. The molecule has 3 rings (SSSR count). The van der Waals surface area contributed by atoms with Crippen molar-refractivity contribution in [3.8, 4) is 6.07 Å². The van der Waals surface area contributed by atoms with Crippen LogP contribution in [0.1, 0.15) is 30.7 Å². The van der Waals surface area contributed by atoms with E-state index in [1.54, 1.807) is 6.07 Å². The maximum absolute atomic E-state index is 9.17. The monoisotopic (exact) mass is 331 g/mol. The average Bonchev–Trinajstić information content (AvgIpc) is 2.65. The van der Waals surface area contributed by atoms with Crippen LogP contribution in [-0.4, -0.2) is 11.1 Å². The molecule has 3 aromatic rings. The first kappa shape index (κ1) is 16.9. The second-order valence-electron chi connectivity index (χ2n) is 6.21. The highest BCUT2D eigenvalue weighted by atomic mass is 16.5. The van der Waals surface area contributed by atoms with Gasteiger partial charge in [0, 0.05) is 17.6 Å². The summed E-state index contributed by atoms with van der Waals surface area (Å²) in [5, 5.41) is 13.6. The van der Waals surface area contributed by atoms with Crippen molar-refractivity contribution >= 4 is 16.6 Å². The third-order valence-corrected chi connectivity index (χ3v) is 3.92. The van der Waals surface area contributed by atoms with Gasteiger partial charge in [-0.25, -0.2) is 4.98 Å². The molecule has 1 heterocycles. The lowest BCUT2D eigenvalue weighted by Crippen LogP contribution is -2.03. The Morgan fingerprint density at radius 3 is 2.52 bits per heavy atom. The lowest BCUT2D eigenvalue weighted by Gasteiger charge is -2.11. The van der Waals surface area contributed by atoms with E-state index in [2.05, 4.69) is 40.6 Å². The molecule has 0 unspecified atom stereocenters. The lowest BCUT2D eigenvalue weighted by atomic mass is 10.1. The molecule has 0 saturated carbocycles. The van der Waals surface area contributed by atoms with Gasteiger partial charge in [0.1, 0.15) is 11.8 Å². The average molecular weight is 331 g/mol. The molecule has 0 aliphatic rings. The van der Waals surface area contributed by atoms with Crippen LogP contribution in [0.2, 0.25) is 0 Å². The van der Waals surface area contributed by atoms with Crippen LogP contribution < -0.4 is 5.32 Å². The van der Waals surface area contributed by atoms with Crippen LogP contribution in [0.25, 0.3) is 10.9 Å². The Labute approximate surface area is 148 Å². The Morgan fingerprint density at radius 1 is 1.08 bits per heavy atom. The number of fused-ring (bicyclic) bond motifs is 1. The van der Waals surface area contributed by atoms with Gasteiger partial charge in [0.25, 0.3) is 0 Å². The second kappa shape index (κ2) is 7.78. The van der Waals surface area contributed by atoms with Crippen molar-refractivity contribution in [1.29, 1.82) is 5.26 Å². The van der Waals surface area contributed by atoms with E-state index in [9.17, 15) is 5.26 Å². The molecule has 0 radical (unpaired) electrons.